The van der Waals surface area contributed by atoms with Gasteiger partial charge in [-0.15, -0.1) is 0 Å². The molecule has 242 valence electrons. The molecule has 0 radical (unpaired) electrons. The van der Waals surface area contributed by atoms with Crippen molar-refractivity contribution in [2.24, 2.45) is 0 Å². The maximum Gasteiger partial charge on any atom is 0.164 e. The quantitative estimate of drug-likeness (QED) is 0.172. The molecule has 3 nitrogen and oxygen atoms in total. The lowest BCUT2D eigenvalue weighted by Crippen LogP contribution is -2.00. The molecular formula is C49H31N3. The van der Waals surface area contributed by atoms with Crippen molar-refractivity contribution in [3.8, 4) is 56.4 Å². The van der Waals surface area contributed by atoms with Crippen LogP contribution in [-0.2, 0) is 0 Å². The number of fused-ring (bicyclic) bond motifs is 7. The van der Waals surface area contributed by atoms with Crippen LogP contribution in [0.15, 0.2) is 188 Å². The first-order valence-electron chi connectivity index (χ1n) is 17.6. The normalized spacial score (nSPS) is 11.5. The summed E-state index contributed by atoms with van der Waals surface area (Å²) >= 11 is 0. The van der Waals surface area contributed by atoms with E-state index in [1.54, 1.807) is 0 Å². The lowest BCUT2D eigenvalue weighted by Gasteiger charge is -2.15. The van der Waals surface area contributed by atoms with Gasteiger partial charge in [0.2, 0.25) is 0 Å². The molecule has 0 aliphatic rings. The maximum atomic E-state index is 5.13. The number of nitrogens with zero attached hydrogens (tertiary/aromatic N) is 3. The minimum atomic E-state index is 0.636. The molecule has 10 rings (SSSR count). The van der Waals surface area contributed by atoms with Gasteiger partial charge in [-0.2, -0.15) is 0 Å². The van der Waals surface area contributed by atoms with Crippen molar-refractivity contribution in [2.75, 3.05) is 0 Å². The molecule has 52 heavy (non-hydrogen) atoms. The highest BCUT2D eigenvalue weighted by molar-refractivity contribution is 6.26. The van der Waals surface area contributed by atoms with Crippen LogP contribution >= 0.6 is 0 Å². The molecule has 10 aromatic rings. The van der Waals surface area contributed by atoms with Crippen molar-refractivity contribution in [2.45, 2.75) is 0 Å². The summed E-state index contributed by atoms with van der Waals surface area (Å²) in [6, 6.07) is 66.5. The Morgan fingerprint density at radius 3 is 1.46 bits per heavy atom. The van der Waals surface area contributed by atoms with E-state index in [2.05, 4.69) is 164 Å². The van der Waals surface area contributed by atoms with Crippen LogP contribution in [0.1, 0.15) is 0 Å². The molecule has 9 aromatic carbocycles. The van der Waals surface area contributed by atoms with Crippen LogP contribution in [0.4, 0.5) is 0 Å². The van der Waals surface area contributed by atoms with Gasteiger partial charge in [0, 0.05) is 16.7 Å². The van der Waals surface area contributed by atoms with Gasteiger partial charge >= 0.3 is 0 Å². The van der Waals surface area contributed by atoms with E-state index in [4.69, 9.17) is 15.0 Å². The van der Waals surface area contributed by atoms with Crippen LogP contribution in [0.3, 0.4) is 0 Å². The van der Waals surface area contributed by atoms with Gasteiger partial charge in [-0.05, 0) is 83.5 Å². The van der Waals surface area contributed by atoms with Crippen molar-refractivity contribution in [1.29, 1.82) is 0 Å². The molecule has 0 saturated heterocycles. The second-order valence-corrected chi connectivity index (χ2v) is 13.2. The summed E-state index contributed by atoms with van der Waals surface area (Å²) in [6.07, 6.45) is 0. The zero-order valence-corrected chi connectivity index (χ0v) is 28.2. The fraction of sp³-hybridized carbons (Fsp3) is 0. The summed E-state index contributed by atoms with van der Waals surface area (Å²) in [6.45, 7) is 0. The highest BCUT2D eigenvalue weighted by Crippen LogP contribution is 2.41. The fourth-order valence-electron chi connectivity index (χ4n) is 7.57. The summed E-state index contributed by atoms with van der Waals surface area (Å²) in [7, 11) is 0. The van der Waals surface area contributed by atoms with E-state index < -0.39 is 0 Å². The molecule has 0 spiro atoms. The molecule has 1 aromatic heterocycles. The molecule has 0 unspecified atom stereocenters. The average molecular weight is 662 g/mol. The molecular weight excluding hydrogens is 631 g/mol. The van der Waals surface area contributed by atoms with Crippen molar-refractivity contribution in [3.63, 3.8) is 0 Å². The van der Waals surface area contributed by atoms with E-state index in [0.717, 1.165) is 33.4 Å². The van der Waals surface area contributed by atoms with Crippen LogP contribution in [0.2, 0.25) is 0 Å². The zero-order chi connectivity index (χ0) is 34.4. The van der Waals surface area contributed by atoms with Gasteiger partial charge in [-0.3, -0.25) is 0 Å². The predicted octanol–water partition coefficient (Wildman–Crippen LogP) is 12.8. The summed E-state index contributed by atoms with van der Waals surface area (Å²) < 4.78 is 0. The van der Waals surface area contributed by atoms with Gasteiger partial charge < -0.3 is 0 Å². The van der Waals surface area contributed by atoms with E-state index in [-0.39, 0.29) is 0 Å². The van der Waals surface area contributed by atoms with Gasteiger partial charge in [0.1, 0.15) is 0 Å². The van der Waals surface area contributed by atoms with E-state index >= 15 is 0 Å². The third-order valence-corrected chi connectivity index (χ3v) is 10.1. The Morgan fingerprint density at radius 1 is 0.250 bits per heavy atom. The highest BCUT2D eigenvalue weighted by Gasteiger charge is 2.16. The largest absolute Gasteiger partial charge is 0.208 e. The van der Waals surface area contributed by atoms with Crippen molar-refractivity contribution in [1.82, 2.24) is 15.0 Å². The summed E-state index contributed by atoms with van der Waals surface area (Å²) in [5.74, 6) is 1.92. The third-order valence-electron chi connectivity index (χ3n) is 10.1. The topological polar surface area (TPSA) is 38.7 Å². The number of hydrogen-bond acceptors (Lipinski definition) is 3. The number of hydrogen-bond donors (Lipinski definition) is 0. The summed E-state index contributed by atoms with van der Waals surface area (Å²) in [5.41, 5.74) is 7.39. The number of benzene rings is 9. The van der Waals surface area contributed by atoms with Gasteiger partial charge in [0.25, 0.3) is 0 Å². The molecule has 0 bridgehead atoms. The SMILES string of the molecule is c1ccc(-c2cccc(-c3nc(-c4ccccc4)nc(-c4cccc(-c5cc6c(ccc7ccc8ccccc8c76)c6ccccc56)c4)n3)c2)cc1. The van der Waals surface area contributed by atoms with Crippen molar-refractivity contribution in [3.05, 3.63) is 188 Å². The molecule has 0 aliphatic heterocycles. The first-order chi connectivity index (χ1) is 25.8. The van der Waals surface area contributed by atoms with Crippen LogP contribution < -0.4 is 0 Å². The Hall–Kier alpha value is -6.97. The fourth-order valence-corrected chi connectivity index (χ4v) is 7.57. The van der Waals surface area contributed by atoms with E-state index in [1.165, 1.54) is 48.7 Å². The van der Waals surface area contributed by atoms with Gasteiger partial charge in [0.15, 0.2) is 17.5 Å². The second kappa shape index (κ2) is 12.4. The minimum Gasteiger partial charge on any atom is -0.208 e. The van der Waals surface area contributed by atoms with Gasteiger partial charge in [-0.1, -0.05) is 170 Å². The molecule has 1 heterocycles. The molecule has 0 fully saturated rings. The second-order valence-electron chi connectivity index (χ2n) is 13.2. The third kappa shape index (κ3) is 5.19. The lowest BCUT2D eigenvalue weighted by molar-refractivity contribution is 1.07. The molecule has 0 saturated carbocycles. The minimum absolute atomic E-state index is 0.636. The molecule has 3 heteroatoms. The van der Waals surface area contributed by atoms with E-state index in [1.807, 2.05) is 24.3 Å². The Balaban J connectivity index is 1.18. The maximum absolute atomic E-state index is 5.13. The van der Waals surface area contributed by atoms with Crippen LogP contribution in [0.5, 0.6) is 0 Å². The number of aromatic nitrogens is 3. The molecule has 0 amide bonds. The highest BCUT2D eigenvalue weighted by atomic mass is 15.0. The first kappa shape index (κ1) is 29.9. The number of rotatable bonds is 5. The smallest absolute Gasteiger partial charge is 0.164 e. The van der Waals surface area contributed by atoms with Gasteiger partial charge in [0.05, 0.1) is 0 Å². The van der Waals surface area contributed by atoms with Crippen molar-refractivity contribution < 1.29 is 0 Å². The van der Waals surface area contributed by atoms with Crippen LogP contribution in [0.25, 0.3) is 99.5 Å². The van der Waals surface area contributed by atoms with Crippen LogP contribution in [0, 0.1) is 0 Å². The zero-order valence-electron chi connectivity index (χ0n) is 28.2. The lowest BCUT2D eigenvalue weighted by atomic mass is 9.89. The van der Waals surface area contributed by atoms with E-state index in [9.17, 15) is 0 Å². The van der Waals surface area contributed by atoms with Crippen molar-refractivity contribution >= 4 is 43.1 Å². The Bertz CT molecular complexity index is 2950. The van der Waals surface area contributed by atoms with Crippen LogP contribution in [-0.4, -0.2) is 15.0 Å². The molecule has 0 aliphatic carbocycles. The predicted molar refractivity (Wildman–Crippen MR) is 217 cm³/mol. The molecule has 0 N–H and O–H groups in total. The Kier molecular flexibility index (Phi) is 7.14. The Morgan fingerprint density at radius 2 is 0.731 bits per heavy atom. The average Bonchev–Trinajstić information content (AvgIpc) is 3.23. The van der Waals surface area contributed by atoms with Gasteiger partial charge in [-0.25, -0.2) is 15.0 Å². The summed E-state index contributed by atoms with van der Waals surface area (Å²) in [4.78, 5) is 15.2. The Labute approximate surface area is 301 Å². The first-order valence-corrected chi connectivity index (χ1v) is 17.6. The summed E-state index contributed by atoms with van der Waals surface area (Å²) in [5, 5.41) is 9.99. The standard InChI is InChI=1S/C49H31N3/c1-3-13-32(14-4-1)36-18-11-20-38(29-36)48-50-47(35-16-5-2-6-17-35)51-49(52-48)39-21-12-19-37(30-39)44-31-45-43(41-23-9-10-24-42(41)44)28-27-34-26-25-33-15-7-8-22-40(33)46(34)45/h1-31H. The molecule has 0 atom stereocenters. The van der Waals surface area contributed by atoms with E-state index in [0.29, 0.717) is 17.5 Å². The monoisotopic (exact) mass is 661 g/mol.